The molecule has 0 radical (unpaired) electrons. The predicted molar refractivity (Wildman–Crippen MR) is 84.5 cm³/mol. The van der Waals surface area contributed by atoms with E-state index in [4.69, 9.17) is 17.3 Å². The van der Waals surface area contributed by atoms with Crippen LogP contribution < -0.4 is 5.73 Å². The molecule has 0 amide bonds. The van der Waals surface area contributed by atoms with E-state index in [9.17, 15) is 0 Å². The standard InChI is InChI=1S/C14H17BrClN3/c1-3-7-19-12(4-2)18-13(14(19)17)10-6-5-9(16)8-11(10)15/h5-6,8H,3-4,7,17H2,1-2H3. The molecule has 0 atom stereocenters. The fourth-order valence-corrected chi connectivity index (χ4v) is 3.01. The van der Waals surface area contributed by atoms with Crippen LogP contribution in [0.4, 0.5) is 5.82 Å². The lowest BCUT2D eigenvalue weighted by Crippen LogP contribution is -2.06. The SMILES string of the molecule is CCCn1c(CC)nc(-c2ccc(Cl)cc2Br)c1N. The van der Waals surface area contributed by atoms with Crippen LogP contribution in [0.3, 0.4) is 0 Å². The highest BCUT2D eigenvalue weighted by molar-refractivity contribution is 9.10. The minimum Gasteiger partial charge on any atom is -0.383 e. The van der Waals surface area contributed by atoms with Crippen molar-refractivity contribution in [3.8, 4) is 11.3 Å². The molecule has 1 aromatic carbocycles. The number of anilines is 1. The Hall–Kier alpha value is -1.00. The molecule has 0 saturated heterocycles. The summed E-state index contributed by atoms with van der Waals surface area (Å²) in [5.74, 6) is 1.75. The smallest absolute Gasteiger partial charge is 0.131 e. The Morgan fingerprint density at radius 3 is 2.68 bits per heavy atom. The molecule has 0 aliphatic carbocycles. The van der Waals surface area contributed by atoms with E-state index in [1.165, 1.54) is 0 Å². The molecule has 1 heterocycles. The maximum atomic E-state index is 6.25. The average Bonchev–Trinajstić information content (AvgIpc) is 2.68. The van der Waals surface area contributed by atoms with Gasteiger partial charge in [-0.2, -0.15) is 0 Å². The molecule has 0 saturated carbocycles. The summed E-state index contributed by atoms with van der Waals surface area (Å²) in [6, 6.07) is 5.66. The average molecular weight is 343 g/mol. The number of benzene rings is 1. The van der Waals surface area contributed by atoms with Crippen LogP contribution >= 0.6 is 27.5 Å². The van der Waals surface area contributed by atoms with Gasteiger partial charge in [-0.3, -0.25) is 0 Å². The quantitative estimate of drug-likeness (QED) is 0.887. The number of hydrogen-bond donors (Lipinski definition) is 1. The van der Waals surface area contributed by atoms with Gasteiger partial charge in [0.2, 0.25) is 0 Å². The molecule has 0 aliphatic rings. The molecule has 1 aromatic heterocycles. The summed E-state index contributed by atoms with van der Waals surface area (Å²) in [7, 11) is 0. The van der Waals surface area contributed by atoms with Crippen molar-refractivity contribution < 1.29 is 0 Å². The van der Waals surface area contributed by atoms with Gasteiger partial charge in [0.05, 0.1) is 0 Å². The van der Waals surface area contributed by atoms with Gasteiger partial charge in [0.25, 0.3) is 0 Å². The lowest BCUT2D eigenvalue weighted by atomic mass is 10.1. The van der Waals surface area contributed by atoms with Gasteiger partial charge in [0, 0.05) is 28.0 Å². The Morgan fingerprint density at radius 1 is 1.37 bits per heavy atom. The Kier molecular flexibility index (Phi) is 4.53. The normalized spacial score (nSPS) is 10.9. The molecule has 3 nitrogen and oxygen atoms in total. The Morgan fingerprint density at radius 2 is 2.11 bits per heavy atom. The summed E-state index contributed by atoms with van der Waals surface area (Å²) in [6.45, 7) is 5.12. The number of nitrogen functional groups attached to an aromatic ring is 1. The van der Waals surface area contributed by atoms with Gasteiger partial charge in [-0.1, -0.05) is 47.4 Å². The van der Waals surface area contributed by atoms with Crippen molar-refractivity contribution in [2.45, 2.75) is 33.2 Å². The van der Waals surface area contributed by atoms with Crippen molar-refractivity contribution in [2.24, 2.45) is 0 Å². The third-order valence-corrected chi connectivity index (χ3v) is 3.93. The first-order valence-corrected chi connectivity index (χ1v) is 7.55. The van der Waals surface area contributed by atoms with Gasteiger partial charge in [0.15, 0.2) is 0 Å². The zero-order chi connectivity index (χ0) is 14.0. The molecule has 0 spiro atoms. The van der Waals surface area contributed by atoms with Gasteiger partial charge in [-0.15, -0.1) is 0 Å². The topological polar surface area (TPSA) is 43.8 Å². The van der Waals surface area contributed by atoms with E-state index < -0.39 is 0 Å². The molecule has 0 bridgehead atoms. The number of aromatic nitrogens is 2. The number of halogens is 2. The third-order valence-electron chi connectivity index (χ3n) is 3.04. The molecule has 0 aliphatic heterocycles. The van der Waals surface area contributed by atoms with E-state index in [2.05, 4.69) is 39.3 Å². The maximum absolute atomic E-state index is 6.25. The summed E-state index contributed by atoms with van der Waals surface area (Å²) < 4.78 is 3.01. The van der Waals surface area contributed by atoms with Crippen molar-refractivity contribution in [1.29, 1.82) is 0 Å². The van der Waals surface area contributed by atoms with Gasteiger partial charge in [-0.25, -0.2) is 4.98 Å². The van der Waals surface area contributed by atoms with Crippen molar-refractivity contribution >= 4 is 33.3 Å². The second-order valence-electron chi connectivity index (χ2n) is 4.39. The van der Waals surface area contributed by atoms with Crippen LogP contribution in [0.25, 0.3) is 11.3 Å². The molecule has 0 unspecified atom stereocenters. The predicted octanol–water partition coefficient (Wildman–Crippen LogP) is 4.52. The molecular formula is C14H17BrClN3. The number of nitrogens with two attached hydrogens (primary N) is 1. The van der Waals surface area contributed by atoms with Crippen molar-refractivity contribution in [3.05, 3.63) is 33.5 Å². The maximum Gasteiger partial charge on any atom is 0.131 e. The van der Waals surface area contributed by atoms with Gasteiger partial charge in [0.1, 0.15) is 17.3 Å². The fraction of sp³-hybridized carbons (Fsp3) is 0.357. The first kappa shape index (κ1) is 14.4. The fourth-order valence-electron chi connectivity index (χ4n) is 2.14. The molecular weight excluding hydrogens is 326 g/mol. The van der Waals surface area contributed by atoms with Crippen molar-refractivity contribution in [1.82, 2.24) is 9.55 Å². The number of nitrogens with zero attached hydrogens (tertiary/aromatic N) is 2. The molecule has 2 rings (SSSR count). The number of imidazole rings is 1. The second-order valence-corrected chi connectivity index (χ2v) is 5.68. The highest BCUT2D eigenvalue weighted by Crippen LogP contribution is 2.34. The number of aryl methyl sites for hydroxylation is 1. The lowest BCUT2D eigenvalue weighted by Gasteiger charge is -2.07. The van der Waals surface area contributed by atoms with Crippen LogP contribution in [0.5, 0.6) is 0 Å². The zero-order valence-corrected chi connectivity index (χ0v) is 13.4. The van der Waals surface area contributed by atoms with E-state index in [1.807, 2.05) is 18.2 Å². The molecule has 2 aromatic rings. The minimum absolute atomic E-state index is 0.693. The van der Waals surface area contributed by atoms with Gasteiger partial charge >= 0.3 is 0 Å². The van der Waals surface area contributed by atoms with Crippen LogP contribution in [-0.2, 0) is 13.0 Å². The molecule has 2 N–H and O–H groups in total. The highest BCUT2D eigenvalue weighted by atomic mass is 79.9. The largest absolute Gasteiger partial charge is 0.383 e. The number of hydrogen-bond acceptors (Lipinski definition) is 2. The van der Waals surface area contributed by atoms with E-state index in [0.29, 0.717) is 5.02 Å². The van der Waals surface area contributed by atoms with Crippen LogP contribution in [-0.4, -0.2) is 9.55 Å². The highest BCUT2D eigenvalue weighted by Gasteiger charge is 2.16. The van der Waals surface area contributed by atoms with Crippen LogP contribution in [0, 0.1) is 0 Å². The molecule has 102 valence electrons. The van der Waals surface area contributed by atoms with Gasteiger partial charge in [-0.05, 0) is 18.6 Å². The Bertz CT molecular complexity index is 593. The lowest BCUT2D eigenvalue weighted by molar-refractivity contribution is 0.650. The summed E-state index contributed by atoms with van der Waals surface area (Å²) in [5.41, 5.74) is 8.06. The van der Waals surface area contributed by atoms with Crippen LogP contribution in [0.1, 0.15) is 26.1 Å². The van der Waals surface area contributed by atoms with E-state index in [1.54, 1.807) is 0 Å². The summed E-state index contributed by atoms with van der Waals surface area (Å²) >= 11 is 9.49. The first-order valence-electron chi connectivity index (χ1n) is 6.38. The monoisotopic (exact) mass is 341 g/mol. The van der Waals surface area contributed by atoms with E-state index in [-0.39, 0.29) is 0 Å². The molecule has 19 heavy (non-hydrogen) atoms. The molecule has 0 fully saturated rings. The van der Waals surface area contributed by atoms with E-state index in [0.717, 1.165) is 46.8 Å². The summed E-state index contributed by atoms with van der Waals surface area (Å²) in [4.78, 5) is 4.67. The van der Waals surface area contributed by atoms with E-state index >= 15 is 0 Å². The van der Waals surface area contributed by atoms with Crippen LogP contribution in [0.15, 0.2) is 22.7 Å². The molecule has 5 heteroatoms. The minimum atomic E-state index is 0.693. The second kappa shape index (κ2) is 5.97. The van der Waals surface area contributed by atoms with Crippen molar-refractivity contribution in [3.63, 3.8) is 0 Å². The van der Waals surface area contributed by atoms with Crippen LogP contribution in [0.2, 0.25) is 5.02 Å². The Balaban J connectivity index is 2.56. The first-order chi connectivity index (χ1) is 9.08. The third kappa shape index (κ3) is 2.79. The Labute approximate surface area is 126 Å². The van der Waals surface area contributed by atoms with Crippen molar-refractivity contribution in [2.75, 3.05) is 5.73 Å². The zero-order valence-electron chi connectivity index (χ0n) is 11.1. The summed E-state index contributed by atoms with van der Waals surface area (Å²) in [6.07, 6.45) is 1.91. The van der Waals surface area contributed by atoms with Gasteiger partial charge < -0.3 is 10.3 Å². The summed E-state index contributed by atoms with van der Waals surface area (Å²) in [5, 5.41) is 0.693. The number of rotatable bonds is 4.